The first kappa shape index (κ1) is 13.1. The number of aromatic nitrogens is 1. The summed E-state index contributed by atoms with van der Waals surface area (Å²) in [7, 11) is 2.08. The Bertz CT molecular complexity index is 453. The summed E-state index contributed by atoms with van der Waals surface area (Å²) in [4.78, 5) is 17.3. The van der Waals surface area contributed by atoms with E-state index in [1.807, 2.05) is 0 Å². The lowest BCUT2D eigenvalue weighted by atomic mass is 10.2. The van der Waals surface area contributed by atoms with Gasteiger partial charge in [0.15, 0.2) is 0 Å². The first-order chi connectivity index (χ1) is 8.58. The molecule has 0 unspecified atom stereocenters. The average molecular weight is 270 g/mol. The molecule has 2 N–H and O–H groups in total. The number of hydrogen-bond acceptors (Lipinski definition) is 4. The van der Waals surface area contributed by atoms with Crippen molar-refractivity contribution in [3.8, 4) is 5.75 Å². The molecule has 5 nitrogen and oxygen atoms in total. The summed E-state index contributed by atoms with van der Waals surface area (Å²) in [5.74, 6) is -0.0792. The van der Waals surface area contributed by atoms with Gasteiger partial charge in [0.25, 0.3) is 5.91 Å². The molecule has 1 aromatic rings. The van der Waals surface area contributed by atoms with Gasteiger partial charge >= 0.3 is 0 Å². The van der Waals surface area contributed by atoms with Crippen LogP contribution in [0, 0.1) is 0 Å². The SMILES string of the molecule is CN1CCC[C@@H]1COc1cnc(Cl)c(C(N)=O)c1. The summed E-state index contributed by atoms with van der Waals surface area (Å²) in [6.07, 6.45) is 3.82. The molecule has 1 aromatic heterocycles. The van der Waals surface area contributed by atoms with Gasteiger partial charge in [0.05, 0.1) is 11.8 Å². The molecule has 18 heavy (non-hydrogen) atoms. The maximum absolute atomic E-state index is 11.1. The van der Waals surface area contributed by atoms with Crippen LogP contribution in [0.5, 0.6) is 5.75 Å². The zero-order valence-corrected chi connectivity index (χ0v) is 11.0. The number of ether oxygens (including phenoxy) is 1. The summed E-state index contributed by atoms with van der Waals surface area (Å²) >= 11 is 5.77. The van der Waals surface area contributed by atoms with Gasteiger partial charge in [-0.3, -0.25) is 4.79 Å². The highest BCUT2D eigenvalue weighted by Crippen LogP contribution is 2.20. The fraction of sp³-hybridized carbons (Fsp3) is 0.500. The Kier molecular flexibility index (Phi) is 4.04. The van der Waals surface area contributed by atoms with Crippen LogP contribution in [0.1, 0.15) is 23.2 Å². The van der Waals surface area contributed by atoms with E-state index >= 15 is 0 Å². The van der Waals surface area contributed by atoms with E-state index in [2.05, 4.69) is 16.9 Å². The van der Waals surface area contributed by atoms with Crippen LogP contribution >= 0.6 is 11.6 Å². The van der Waals surface area contributed by atoms with Crippen LogP contribution in [-0.2, 0) is 0 Å². The van der Waals surface area contributed by atoms with Gasteiger partial charge in [-0.1, -0.05) is 11.6 Å². The van der Waals surface area contributed by atoms with Crippen LogP contribution < -0.4 is 10.5 Å². The number of rotatable bonds is 4. The Hall–Kier alpha value is -1.33. The fourth-order valence-electron chi connectivity index (χ4n) is 2.06. The van der Waals surface area contributed by atoms with E-state index < -0.39 is 5.91 Å². The van der Waals surface area contributed by atoms with Gasteiger partial charge in [-0.15, -0.1) is 0 Å². The summed E-state index contributed by atoms with van der Waals surface area (Å²) < 4.78 is 5.64. The van der Waals surface area contributed by atoms with Crippen LogP contribution in [0.25, 0.3) is 0 Å². The van der Waals surface area contributed by atoms with Crippen molar-refractivity contribution in [1.82, 2.24) is 9.88 Å². The number of carbonyl (C=O) groups excluding carboxylic acids is 1. The van der Waals surface area contributed by atoms with Gasteiger partial charge in [0.2, 0.25) is 0 Å². The van der Waals surface area contributed by atoms with Crippen molar-refractivity contribution in [1.29, 1.82) is 0 Å². The topological polar surface area (TPSA) is 68.4 Å². The molecule has 98 valence electrons. The average Bonchev–Trinajstić information content (AvgIpc) is 2.73. The lowest BCUT2D eigenvalue weighted by Gasteiger charge is -2.19. The molecule has 2 heterocycles. The molecule has 1 saturated heterocycles. The van der Waals surface area contributed by atoms with Gasteiger partial charge < -0.3 is 15.4 Å². The van der Waals surface area contributed by atoms with Gasteiger partial charge in [0.1, 0.15) is 17.5 Å². The van der Waals surface area contributed by atoms with Crippen LogP contribution in [0.3, 0.4) is 0 Å². The normalized spacial score (nSPS) is 20.0. The summed E-state index contributed by atoms with van der Waals surface area (Å²) in [5.41, 5.74) is 5.39. The molecule has 0 saturated carbocycles. The van der Waals surface area contributed by atoms with Crippen molar-refractivity contribution >= 4 is 17.5 Å². The Morgan fingerprint density at radius 2 is 2.50 bits per heavy atom. The third kappa shape index (κ3) is 2.91. The standard InChI is InChI=1S/C12H16ClN3O2/c1-16-4-2-3-8(16)7-18-9-5-10(12(14)17)11(13)15-6-9/h5-6,8H,2-4,7H2,1H3,(H2,14,17)/t8-/m1/s1. The third-order valence-electron chi connectivity index (χ3n) is 3.19. The van der Waals surface area contributed by atoms with Crippen molar-refractivity contribution in [3.63, 3.8) is 0 Å². The molecule has 6 heteroatoms. The third-order valence-corrected chi connectivity index (χ3v) is 3.49. The van der Waals surface area contributed by atoms with Crippen molar-refractivity contribution < 1.29 is 9.53 Å². The number of primary amides is 1. The monoisotopic (exact) mass is 269 g/mol. The van der Waals surface area contributed by atoms with Gasteiger partial charge in [-0.2, -0.15) is 0 Å². The number of nitrogens with zero attached hydrogens (tertiary/aromatic N) is 2. The molecule has 1 aliphatic rings. The zero-order chi connectivity index (χ0) is 13.1. The molecule has 1 amide bonds. The lowest BCUT2D eigenvalue weighted by Crippen LogP contribution is -2.30. The Labute approximate surface area is 111 Å². The summed E-state index contributed by atoms with van der Waals surface area (Å²) in [5, 5.41) is 0.104. The summed E-state index contributed by atoms with van der Waals surface area (Å²) in [6, 6.07) is 1.95. The minimum absolute atomic E-state index is 0.104. The maximum Gasteiger partial charge on any atom is 0.251 e. The number of nitrogens with two attached hydrogens (primary N) is 1. The van der Waals surface area contributed by atoms with E-state index in [0.29, 0.717) is 18.4 Å². The van der Waals surface area contributed by atoms with E-state index in [4.69, 9.17) is 22.1 Å². The number of amides is 1. The first-order valence-corrected chi connectivity index (χ1v) is 6.24. The molecule has 0 aliphatic carbocycles. The quantitative estimate of drug-likeness (QED) is 0.837. The van der Waals surface area contributed by atoms with Crippen LogP contribution in [0.15, 0.2) is 12.3 Å². The summed E-state index contributed by atoms with van der Waals surface area (Å²) in [6.45, 7) is 1.68. The molecular weight excluding hydrogens is 254 g/mol. The predicted molar refractivity (Wildman–Crippen MR) is 68.9 cm³/mol. The van der Waals surface area contributed by atoms with Crippen molar-refractivity contribution in [2.24, 2.45) is 5.73 Å². The van der Waals surface area contributed by atoms with Crippen molar-refractivity contribution in [2.75, 3.05) is 20.2 Å². The van der Waals surface area contributed by atoms with Crippen molar-refractivity contribution in [3.05, 3.63) is 23.0 Å². The first-order valence-electron chi connectivity index (χ1n) is 5.86. The van der Waals surface area contributed by atoms with E-state index in [1.165, 1.54) is 18.7 Å². The van der Waals surface area contributed by atoms with E-state index in [-0.39, 0.29) is 10.7 Å². The van der Waals surface area contributed by atoms with Crippen LogP contribution in [-0.4, -0.2) is 42.0 Å². The molecular formula is C12H16ClN3O2. The zero-order valence-electron chi connectivity index (χ0n) is 10.2. The van der Waals surface area contributed by atoms with Gasteiger partial charge in [0, 0.05) is 6.04 Å². The molecule has 1 atom stereocenters. The number of likely N-dealkylation sites (N-methyl/N-ethyl adjacent to an activating group) is 1. The highest BCUT2D eigenvalue weighted by atomic mass is 35.5. The molecule has 0 aromatic carbocycles. The van der Waals surface area contributed by atoms with Gasteiger partial charge in [-0.25, -0.2) is 4.98 Å². The molecule has 0 radical (unpaired) electrons. The molecule has 1 aliphatic heterocycles. The fourth-order valence-corrected chi connectivity index (χ4v) is 2.26. The molecule has 0 bridgehead atoms. The maximum atomic E-state index is 11.1. The van der Waals surface area contributed by atoms with E-state index in [0.717, 1.165) is 13.0 Å². The highest BCUT2D eigenvalue weighted by molar-refractivity contribution is 6.32. The second-order valence-corrected chi connectivity index (χ2v) is 4.82. The van der Waals surface area contributed by atoms with Crippen LogP contribution in [0.2, 0.25) is 5.15 Å². The lowest BCUT2D eigenvalue weighted by molar-refractivity contribution is 0.0999. The Morgan fingerprint density at radius 3 is 3.11 bits per heavy atom. The van der Waals surface area contributed by atoms with E-state index in [1.54, 1.807) is 0 Å². The Balaban J connectivity index is 2.01. The predicted octanol–water partition coefficient (Wildman–Crippen LogP) is 1.31. The second-order valence-electron chi connectivity index (χ2n) is 4.46. The van der Waals surface area contributed by atoms with Gasteiger partial charge in [-0.05, 0) is 32.5 Å². The Morgan fingerprint density at radius 1 is 1.72 bits per heavy atom. The molecule has 1 fully saturated rings. The molecule has 2 rings (SSSR count). The number of pyridine rings is 1. The minimum Gasteiger partial charge on any atom is -0.490 e. The number of carbonyl (C=O) groups is 1. The second kappa shape index (κ2) is 5.54. The van der Waals surface area contributed by atoms with E-state index in [9.17, 15) is 4.79 Å². The highest BCUT2D eigenvalue weighted by Gasteiger charge is 2.21. The van der Waals surface area contributed by atoms with Crippen molar-refractivity contribution in [2.45, 2.75) is 18.9 Å². The smallest absolute Gasteiger partial charge is 0.251 e. The number of hydrogen-bond donors (Lipinski definition) is 1. The number of halogens is 1. The molecule has 0 spiro atoms. The largest absolute Gasteiger partial charge is 0.490 e. The van der Waals surface area contributed by atoms with Crippen LogP contribution in [0.4, 0.5) is 0 Å². The minimum atomic E-state index is -0.601. The number of likely N-dealkylation sites (tertiary alicyclic amines) is 1.